The van der Waals surface area contributed by atoms with Gasteiger partial charge in [-0.2, -0.15) is 0 Å². The van der Waals surface area contributed by atoms with Crippen LogP contribution in [0.15, 0.2) is 60.7 Å². The molecule has 7 heteroatoms. The van der Waals surface area contributed by atoms with Gasteiger partial charge in [0.1, 0.15) is 5.75 Å². The first-order chi connectivity index (χ1) is 15.8. The monoisotopic (exact) mass is 485 g/mol. The van der Waals surface area contributed by atoms with Crippen LogP contribution in [0.4, 0.5) is 5.69 Å². The van der Waals surface area contributed by atoms with Crippen LogP contribution in [-0.2, 0) is 16.1 Å². The molecule has 0 aliphatic carbocycles. The van der Waals surface area contributed by atoms with Crippen LogP contribution in [0.3, 0.4) is 0 Å². The van der Waals surface area contributed by atoms with Crippen LogP contribution >= 0.6 is 23.2 Å². The summed E-state index contributed by atoms with van der Waals surface area (Å²) in [6, 6.07) is 17.6. The molecule has 0 aliphatic heterocycles. The van der Waals surface area contributed by atoms with Crippen LogP contribution in [0.2, 0.25) is 10.0 Å². The number of hydrogen-bond donors (Lipinski definition) is 0. The molecule has 33 heavy (non-hydrogen) atoms. The van der Waals surface area contributed by atoms with Gasteiger partial charge in [-0.1, -0.05) is 47.0 Å². The van der Waals surface area contributed by atoms with Crippen molar-refractivity contribution in [2.24, 2.45) is 0 Å². The first-order valence-electron chi connectivity index (χ1n) is 10.5. The van der Waals surface area contributed by atoms with E-state index in [2.05, 4.69) is 0 Å². The highest BCUT2D eigenvalue weighted by molar-refractivity contribution is 6.36. The summed E-state index contributed by atoms with van der Waals surface area (Å²) in [5, 5.41) is 0.914. The number of amides is 1. The zero-order valence-corrected chi connectivity index (χ0v) is 20.2. The summed E-state index contributed by atoms with van der Waals surface area (Å²) in [6.45, 7) is 5.93. The van der Waals surface area contributed by atoms with Crippen molar-refractivity contribution in [3.63, 3.8) is 0 Å². The van der Waals surface area contributed by atoms with E-state index < -0.39 is 5.97 Å². The highest BCUT2D eigenvalue weighted by Gasteiger charge is 2.21. The number of anilines is 1. The van der Waals surface area contributed by atoms with Crippen LogP contribution in [-0.4, -0.2) is 25.1 Å². The SMILES string of the molecule is CCOC(=O)c1ccc(N(Cc2c(Cl)cccc2Cl)C(=O)COc2ccc(C)cc2C)cc1. The zero-order chi connectivity index (χ0) is 24.0. The van der Waals surface area contributed by atoms with Crippen molar-refractivity contribution in [2.75, 3.05) is 18.1 Å². The summed E-state index contributed by atoms with van der Waals surface area (Å²) in [5.74, 6) is -0.0635. The van der Waals surface area contributed by atoms with Gasteiger partial charge in [-0.15, -0.1) is 0 Å². The quantitative estimate of drug-likeness (QED) is 0.346. The normalized spacial score (nSPS) is 10.6. The Hall–Kier alpha value is -3.02. The minimum Gasteiger partial charge on any atom is -0.483 e. The molecule has 0 unspecified atom stereocenters. The number of rotatable bonds is 8. The molecule has 0 bridgehead atoms. The lowest BCUT2D eigenvalue weighted by Crippen LogP contribution is -2.34. The predicted octanol–water partition coefficient (Wildman–Crippen LogP) is 6.40. The molecule has 0 fully saturated rings. The first-order valence-corrected chi connectivity index (χ1v) is 11.3. The molecule has 0 saturated carbocycles. The maximum absolute atomic E-state index is 13.3. The number of hydrogen-bond acceptors (Lipinski definition) is 4. The van der Waals surface area contributed by atoms with Crippen molar-refractivity contribution in [3.05, 3.63) is 93.0 Å². The summed E-state index contributed by atoms with van der Waals surface area (Å²) in [5.41, 5.74) is 3.66. The molecule has 0 spiro atoms. The molecule has 3 aromatic rings. The molecule has 5 nitrogen and oxygen atoms in total. The summed E-state index contributed by atoms with van der Waals surface area (Å²) >= 11 is 12.7. The van der Waals surface area contributed by atoms with E-state index in [0.717, 1.165) is 11.1 Å². The van der Waals surface area contributed by atoms with E-state index in [9.17, 15) is 9.59 Å². The smallest absolute Gasteiger partial charge is 0.338 e. The number of nitrogens with zero attached hydrogens (tertiary/aromatic N) is 1. The van der Waals surface area contributed by atoms with Crippen molar-refractivity contribution in [1.82, 2.24) is 0 Å². The van der Waals surface area contributed by atoms with Crippen molar-refractivity contribution >= 4 is 40.8 Å². The topological polar surface area (TPSA) is 55.8 Å². The predicted molar refractivity (Wildman–Crippen MR) is 131 cm³/mol. The molecule has 0 heterocycles. The lowest BCUT2D eigenvalue weighted by molar-refractivity contribution is -0.120. The average molecular weight is 486 g/mol. The van der Waals surface area contributed by atoms with E-state index in [1.54, 1.807) is 49.4 Å². The fourth-order valence-electron chi connectivity index (χ4n) is 3.34. The van der Waals surface area contributed by atoms with Crippen LogP contribution < -0.4 is 9.64 Å². The number of benzene rings is 3. The lowest BCUT2D eigenvalue weighted by Gasteiger charge is -2.24. The molecule has 0 aliphatic rings. The second kappa shape index (κ2) is 11.2. The van der Waals surface area contributed by atoms with Crippen LogP contribution in [0.25, 0.3) is 0 Å². The Kier molecular flexibility index (Phi) is 8.37. The van der Waals surface area contributed by atoms with Crippen LogP contribution in [0.5, 0.6) is 5.75 Å². The molecular formula is C26H25Cl2NO4. The molecule has 3 rings (SSSR count). The Morgan fingerprint density at radius 2 is 1.61 bits per heavy atom. The van der Waals surface area contributed by atoms with Gasteiger partial charge in [-0.05, 0) is 68.8 Å². The summed E-state index contributed by atoms with van der Waals surface area (Å²) in [7, 11) is 0. The highest BCUT2D eigenvalue weighted by Crippen LogP contribution is 2.28. The Labute approximate surface area is 203 Å². The zero-order valence-electron chi connectivity index (χ0n) is 18.7. The van der Waals surface area contributed by atoms with E-state index in [0.29, 0.717) is 32.6 Å². The standard InChI is InChI=1S/C26H25Cl2NO4/c1-4-32-26(31)19-9-11-20(12-10-19)29(15-21-22(27)6-5-7-23(21)28)25(30)16-33-24-13-8-17(2)14-18(24)3/h5-14H,4,15-16H2,1-3H3. The molecule has 0 saturated heterocycles. The van der Waals surface area contributed by atoms with Gasteiger partial charge in [0.2, 0.25) is 0 Å². The Balaban J connectivity index is 1.87. The number of carbonyl (C=O) groups is 2. The fraction of sp³-hybridized carbons (Fsp3) is 0.231. The molecule has 0 N–H and O–H groups in total. The van der Waals surface area contributed by atoms with E-state index in [-0.39, 0.29) is 25.7 Å². The van der Waals surface area contributed by atoms with Gasteiger partial charge in [0.15, 0.2) is 6.61 Å². The summed E-state index contributed by atoms with van der Waals surface area (Å²) in [6.07, 6.45) is 0. The van der Waals surface area contributed by atoms with Gasteiger partial charge in [0.25, 0.3) is 5.91 Å². The molecule has 3 aromatic carbocycles. The molecule has 1 amide bonds. The number of halogens is 2. The Bertz CT molecular complexity index is 1130. The second-order valence-electron chi connectivity index (χ2n) is 7.51. The average Bonchev–Trinajstić information content (AvgIpc) is 2.78. The van der Waals surface area contributed by atoms with Crippen LogP contribution in [0.1, 0.15) is 34.0 Å². The maximum Gasteiger partial charge on any atom is 0.338 e. The van der Waals surface area contributed by atoms with E-state index >= 15 is 0 Å². The van der Waals surface area contributed by atoms with Gasteiger partial charge in [-0.25, -0.2) is 4.79 Å². The Morgan fingerprint density at radius 1 is 0.939 bits per heavy atom. The first kappa shape index (κ1) is 24.6. The van der Waals surface area contributed by atoms with E-state index in [4.69, 9.17) is 32.7 Å². The van der Waals surface area contributed by atoms with E-state index in [1.165, 1.54) is 4.90 Å². The van der Waals surface area contributed by atoms with Gasteiger partial charge >= 0.3 is 5.97 Å². The van der Waals surface area contributed by atoms with Crippen molar-refractivity contribution in [3.8, 4) is 5.75 Å². The lowest BCUT2D eigenvalue weighted by atomic mass is 10.1. The Morgan fingerprint density at radius 3 is 2.21 bits per heavy atom. The molecule has 172 valence electrons. The van der Waals surface area contributed by atoms with Gasteiger partial charge < -0.3 is 14.4 Å². The van der Waals surface area contributed by atoms with Crippen molar-refractivity contribution < 1.29 is 19.1 Å². The van der Waals surface area contributed by atoms with Crippen molar-refractivity contribution in [2.45, 2.75) is 27.3 Å². The molecule has 0 radical (unpaired) electrons. The summed E-state index contributed by atoms with van der Waals surface area (Å²) < 4.78 is 10.9. The fourth-order valence-corrected chi connectivity index (χ4v) is 3.85. The molecular weight excluding hydrogens is 461 g/mol. The molecule has 0 atom stereocenters. The van der Waals surface area contributed by atoms with Gasteiger partial charge in [-0.3, -0.25) is 4.79 Å². The highest BCUT2D eigenvalue weighted by atomic mass is 35.5. The third-order valence-corrected chi connectivity index (χ3v) is 5.76. The number of esters is 1. The summed E-state index contributed by atoms with van der Waals surface area (Å²) in [4.78, 5) is 26.8. The van der Waals surface area contributed by atoms with Crippen molar-refractivity contribution in [1.29, 1.82) is 0 Å². The number of aryl methyl sites for hydroxylation is 2. The third-order valence-electron chi connectivity index (χ3n) is 5.05. The maximum atomic E-state index is 13.3. The number of ether oxygens (including phenoxy) is 2. The van der Waals surface area contributed by atoms with Gasteiger partial charge in [0.05, 0.1) is 18.7 Å². The van der Waals surface area contributed by atoms with Crippen LogP contribution in [0, 0.1) is 13.8 Å². The number of carbonyl (C=O) groups excluding carboxylic acids is 2. The molecule has 0 aromatic heterocycles. The van der Waals surface area contributed by atoms with E-state index in [1.807, 2.05) is 32.0 Å². The minimum absolute atomic E-state index is 0.145. The van der Waals surface area contributed by atoms with Gasteiger partial charge in [0, 0.05) is 21.3 Å². The minimum atomic E-state index is -0.422. The third kappa shape index (κ3) is 6.28. The largest absolute Gasteiger partial charge is 0.483 e. The second-order valence-corrected chi connectivity index (χ2v) is 8.32.